The fraction of sp³-hybridized carbons (Fsp3) is 0.318. The van der Waals surface area contributed by atoms with Gasteiger partial charge in [0.1, 0.15) is 17.9 Å². The molecule has 0 saturated carbocycles. The van der Waals surface area contributed by atoms with E-state index in [0.29, 0.717) is 22.5 Å². The molecule has 0 aliphatic rings. The van der Waals surface area contributed by atoms with E-state index in [1.807, 2.05) is 0 Å². The molecule has 9 nitrogen and oxygen atoms in total. The van der Waals surface area contributed by atoms with Crippen LogP contribution >= 0.6 is 0 Å². The molecule has 32 heavy (non-hydrogen) atoms. The molecular weight excluding hydrogens is 432 g/mol. The molecule has 0 amide bonds. The van der Waals surface area contributed by atoms with E-state index < -0.39 is 16.0 Å². The number of carbonyl (C=O) groups excluding carboxylic acids is 1. The number of fused-ring (bicyclic) bond motifs is 1. The van der Waals surface area contributed by atoms with Gasteiger partial charge in [0.05, 0.1) is 28.3 Å². The number of sulfonamides is 1. The zero-order chi connectivity index (χ0) is 23.5. The number of hydrogen-bond donors (Lipinski definition) is 0. The number of rotatable bonds is 7. The summed E-state index contributed by atoms with van der Waals surface area (Å²) in [4.78, 5) is 17.0. The first-order valence-corrected chi connectivity index (χ1v) is 11.3. The molecule has 0 atom stereocenters. The second kappa shape index (κ2) is 9.28. The molecule has 2 heterocycles. The van der Waals surface area contributed by atoms with E-state index in [9.17, 15) is 13.2 Å². The molecule has 168 valence electrons. The van der Waals surface area contributed by atoms with E-state index >= 15 is 0 Å². The molecular formula is C22H24N4O5S. The van der Waals surface area contributed by atoms with E-state index in [1.165, 1.54) is 30.1 Å². The third-order valence-corrected chi connectivity index (χ3v) is 6.55. The second-order valence-electron chi connectivity index (χ2n) is 6.81. The summed E-state index contributed by atoms with van der Waals surface area (Å²) in [6.07, 6.45) is 1.31. The number of ether oxygens (including phenoxy) is 2. The number of hydrogen-bond acceptors (Lipinski definition) is 7. The van der Waals surface area contributed by atoms with Crippen LogP contribution in [-0.4, -0.2) is 49.4 Å². The molecule has 10 heteroatoms. The summed E-state index contributed by atoms with van der Waals surface area (Å²) in [5.41, 5.74) is 1.20. The zero-order valence-electron chi connectivity index (χ0n) is 18.5. The standard InChI is InChI=1S/C22H24N4O5S/c1-6-8-13-31-16-9-11-17(12-10-16)32(28,29)26(5)20-18(22(27)30-7-2)14-23-21-19(20)15(3)24-25(21)4/h9-12,14H,7,13H2,1-5H3. The molecule has 2 aromatic heterocycles. The summed E-state index contributed by atoms with van der Waals surface area (Å²) >= 11 is 0. The Morgan fingerprint density at radius 3 is 2.56 bits per heavy atom. The van der Waals surface area contributed by atoms with Gasteiger partial charge in [-0.2, -0.15) is 5.10 Å². The molecule has 0 saturated heterocycles. The van der Waals surface area contributed by atoms with Gasteiger partial charge >= 0.3 is 5.97 Å². The maximum atomic E-state index is 13.5. The highest BCUT2D eigenvalue weighted by atomic mass is 32.2. The number of pyridine rings is 1. The minimum absolute atomic E-state index is 0.0373. The molecule has 0 N–H and O–H groups in total. The van der Waals surface area contributed by atoms with Crippen molar-refractivity contribution in [3.8, 4) is 17.6 Å². The van der Waals surface area contributed by atoms with E-state index in [-0.39, 0.29) is 29.4 Å². The second-order valence-corrected chi connectivity index (χ2v) is 8.78. The average Bonchev–Trinajstić information content (AvgIpc) is 3.07. The first-order valence-electron chi connectivity index (χ1n) is 9.83. The fourth-order valence-electron chi connectivity index (χ4n) is 3.26. The predicted molar refractivity (Wildman–Crippen MR) is 120 cm³/mol. The van der Waals surface area contributed by atoms with Crippen LogP contribution < -0.4 is 9.04 Å². The topological polar surface area (TPSA) is 104 Å². The van der Waals surface area contributed by atoms with Crippen LogP contribution in [-0.2, 0) is 21.8 Å². The molecule has 0 fully saturated rings. The summed E-state index contributed by atoms with van der Waals surface area (Å²) in [6.45, 7) is 5.46. The van der Waals surface area contributed by atoms with Crippen molar-refractivity contribution in [2.75, 3.05) is 24.6 Å². The van der Waals surface area contributed by atoms with Crippen molar-refractivity contribution in [1.29, 1.82) is 0 Å². The molecule has 0 unspecified atom stereocenters. The van der Waals surface area contributed by atoms with Gasteiger partial charge in [0, 0.05) is 20.3 Å². The number of aromatic nitrogens is 3. The predicted octanol–water partition coefficient (Wildman–Crippen LogP) is 2.68. The Balaban J connectivity index is 2.11. The highest BCUT2D eigenvalue weighted by Crippen LogP contribution is 2.35. The largest absolute Gasteiger partial charge is 0.481 e. The fourth-order valence-corrected chi connectivity index (χ4v) is 4.48. The maximum absolute atomic E-state index is 13.5. The van der Waals surface area contributed by atoms with Crippen molar-refractivity contribution in [2.45, 2.75) is 25.7 Å². The molecule has 3 aromatic rings. The number of aryl methyl sites for hydroxylation is 2. The molecule has 0 bridgehead atoms. The molecule has 0 aliphatic carbocycles. The van der Waals surface area contributed by atoms with Crippen LogP contribution in [0.15, 0.2) is 35.4 Å². The summed E-state index contributed by atoms with van der Waals surface area (Å²) in [5, 5.41) is 4.79. The SMILES string of the molecule is CC#CCOc1ccc(S(=O)(=O)N(C)c2c(C(=O)OCC)cnc3c2c(C)nn3C)cc1. The van der Waals surface area contributed by atoms with Gasteiger partial charge in [-0.25, -0.2) is 18.2 Å². The van der Waals surface area contributed by atoms with Crippen molar-refractivity contribution in [3.05, 3.63) is 41.7 Å². The molecule has 1 aromatic carbocycles. The number of anilines is 1. The van der Waals surface area contributed by atoms with Gasteiger partial charge in [0.15, 0.2) is 5.65 Å². The van der Waals surface area contributed by atoms with Gasteiger partial charge in [-0.1, -0.05) is 5.92 Å². The Morgan fingerprint density at radius 2 is 1.94 bits per heavy atom. The third-order valence-electron chi connectivity index (χ3n) is 4.78. The summed E-state index contributed by atoms with van der Waals surface area (Å²) < 4.78 is 40.1. The highest BCUT2D eigenvalue weighted by molar-refractivity contribution is 7.92. The Labute approximate surface area is 187 Å². The van der Waals surface area contributed by atoms with Crippen LogP contribution in [0, 0.1) is 18.8 Å². The summed E-state index contributed by atoms with van der Waals surface area (Å²) in [6, 6.07) is 6.00. The van der Waals surface area contributed by atoms with Gasteiger partial charge in [0.25, 0.3) is 10.0 Å². The monoisotopic (exact) mass is 456 g/mol. The average molecular weight is 457 g/mol. The van der Waals surface area contributed by atoms with Crippen LogP contribution in [0.25, 0.3) is 11.0 Å². The number of carbonyl (C=O) groups is 1. The van der Waals surface area contributed by atoms with E-state index in [4.69, 9.17) is 9.47 Å². The van der Waals surface area contributed by atoms with Crippen molar-refractivity contribution in [2.24, 2.45) is 7.05 Å². The Bertz CT molecular complexity index is 1320. The van der Waals surface area contributed by atoms with Gasteiger partial charge in [-0.3, -0.25) is 8.99 Å². The number of esters is 1. The molecule has 3 rings (SSSR count). The lowest BCUT2D eigenvalue weighted by Gasteiger charge is -2.23. The Kier molecular flexibility index (Phi) is 6.69. The molecule has 0 aliphatic heterocycles. The Hall–Kier alpha value is -3.58. The summed E-state index contributed by atoms with van der Waals surface area (Å²) in [5.74, 6) is 5.33. The quantitative estimate of drug-likeness (QED) is 0.398. The zero-order valence-corrected chi connectivity index (χ0v) is 19.4. The van der Waals surface area contributed by atoms with E-state index in [1.54, 1.807) is 40.0 Å². The van der Waals surface area contributed by atoms with Gasteiger partial charge < -0.3 is 9.47 Å². The minimum atomic E-state index is -4.03. The highest BCUT2D eigenvalue weighted by Gasteiger charge is 2.30. The first-order chi connectivity index (χ1) is 15.2. The number of nitrogens with zero attached hydrogens (tertiary/aromatic N) is 4. The Morgan fingerprint density at radius 1 is 1.25 bits per heavy atom. The van der Waals surface area contributed by atoms with Crippen LogP contribution in [0.1, 0.15) is 29.9 Å². The van der Waals surface area contributed by atoms with Crippen LogP contribution in [0.2, 0.25) is 0 Å². The lowest BCUT2D eigenvalue weighted by molar-refractivity contribution is 0.0527. The van der Waals surface area contributed by atoms with Crippen molar-refractivity contribution in [3.63, 3.8) is 0 Å². The lowest BCUT2D eigenvalue weighted by Crippen LogP contribution is -2.29. The maximum Gasteiger partial charge on any atom is 0.341 e. The third kappa shape index (κ3) is 4.24. The minimum Gasteiger partial charge on any atom is -0.481 e. The lowest BCUT2D eigenvalue weighted by atomic mass is 10.1. The number of benzene rings is 1. The van der Waals surface area contributed by atoms with E-state index in [2.05, 4.69) is 21.9 Å². The molecule has 0 radical (unpaired) electrons. The van der Waals surface area contributed by atoms with Crippen LogP contribution in [0.3, 0.4) is 0 Å². The van der Waals surface area contributed by atoms with Gasteiger partial charge in [-0.05, 0) is 45.0 Å². The van der Waals surface area contributed by atoms with Crippen molar-refractivity contribution in [1.82, 2.24) is 14.8 Å². The smallest absolute Gasteiger partial charge is 0.341 e. The summed E-state index contributed by atoms with van der Waals surface area (Å²) in [7, 11) is -0.937. The normalized spacial score (nSPS) is 11.0. The van der Waals surface area contributed by atoms with Gasteiger partial charge in [-0.15, -0.1) is 5.92 Å². The van der Waals surface area contributed by atoms with Crippen molar-refractivity contribution < 1.29 is 22.7 Å². The molecule has 0 spiro atoms. The van der Waals surface area contributed by atoms with Gasteiger partial charge in [0.2, 0.25) is 0 Å². The first kappa shape index (κ1) is 23.1. The van der Waals surface area contributed by atoms with Crippen LogP contribution in [0.5, 0.6) is 5.75 Å². The van der Waals surface area contributed by atoms with Crippen molar-refractivity contribution >= 4 is 32.7 Å². The van der Waals surface area contributed by atoms with E-state index in [0.717, 1.165) is 4.31 Å². The van der Waals surface area contributed by atoms with Crippen LogP contribution in [0.4, 0.5) is 5.69 Å².